The van der Waals surface area contributed by atoms with Crippen molar-refractivity contribution in [3.05, 3.63) is 17.5 Å². The standard InChI is InChI=1S/C13H21N3O2S/c1-5-14-13(4,11(17)18)6-7-19-12-15-9(2)8-10(3)16-12/h8,14H,5-7H2,1-4H3,(H,17,18). The number of hydrogen-bond donors (Lipinski definition) is 2. The normalized spacial score (nSPS) is 14.1. The molecule has 1 heterocycles. The van der Waals surface area contributed by atoms with E-state index in [1.165, 1.54) is 11.8 Å². The molecule has 0 spiro atoms. The third-order valence-corrected chi connectivity index (χ3v) is 3.68. The molecule has 0 saturated heterocycles. The van der Waals surface area contributed by atoms with Crippen molar-refractivity contribution in [3.63, 3.8) is 0 Å². The molecule has 19 heavy (non-hydrogen) atoms. The highest BCUT2D eigenvalue weighted by Crippen LogP contribution is 2.20. The zero-order valence-electron chi connectivity index (χ0n) is 11.9. The number of likely N-dealkylation sites (N-methyl/N-ethyl adjacent to an activating group) is 1. The molecule has 2 N–H and O–H groups in total. The highest BCUT2D eigenvalue weighted by atomic mass is 32.2. The Morgan fingerprint density at radius 1 is 1.42 bits per heavy atom. The first-order chi connectivity index (χ1) is 8.87. The molecule has 106 valence electrons. The number of aliphatic carboxylic acids is 1. The van der Waals surface area contributed by atoms with Crippen LogP contribution in [0.4, 0.5) is 0 Å². The number of thioether (sulfide) groups is 1. The predicted octanol–water partition coefficient (Wildman–Crippen LogP) is 2.03. The quantitative estimate of drug-likeness (QED) is 0.589. The molecule has 6 heteroatoms. The summed E-state index contributed by atoms with van der Waals surface area (Å²) in [6.45, 7) is 8.11. The maximum atomic E-state index is 11.3. The molecule has 1 atom stereocenters. The van der Waals surface area contributed by atoms with E-state index in [0.29, 0.717) is 23.9 Å². The molecule has 1 aromatic heterocycles. The predicted molar refractivity (Wildman–Crippen MR) is 76.6 cm³/mol. The number of nitrogens with one attached hydrogen (secondary N) is 1. The first-order valence-electron chi connectivity index (χ1n) is 6.31. The highest BCUT2D eigenvalue weighted by molar-refractivity contribution is 7.99. The monoisotopic (exact) mass is 283 g/mol. The minimum atomic E-state index is -0.888. The van der Waals surface area contributed by atoms with Crippen LogP contribution in [0.3, 0.4) is 0 Å². The first-order valence-corrected chi connectivity index (χ1v) is 7.29. The summed E-state index contributed by atoms with van der Waals surface area (Å²) in [5, 5.41) is 13.0. The van der Waals surface area contributed by atoms with Gasteiger partial charge in [0.1, 0.15) is 5.54 Å². The summed E-state index contributed by atoms with van der Waals surface area (Å²) in [5.41, 5.74) is 0.978. The molecule has 0 aliphatic carbocycles. The molecule has 1 aromatic rings. The Hall–Kier alpha value is -1.14. The fourth-order valence-corrected chi connectivity index (χ4v) is 2.88. The van der Waals surface area contributed by atoms with Crippen LogP contribution in [0.15, 0.2) is 11.2 Å². The van der Waals surface area contributed by atoms with Gasteiger partial charge < -0.3 is 10.4 Å². The average Bonchev–Trinajstić information content (AvgIpc) is 2.27. The molecule has 1 unspecified atom stereocenters. The second kappa shape index (κ2) is 6.86. The topological polar surface area (TPSA) is 75.1 Å². The van der Waals surface area contributed by atoms with Crippen LogP contribution in [-0.2, 0) is 4.79 Å². The number of aromatic nitrogens is 2. The number of rotatable bonds is 7. The van der Waals surface area contributed by atoms with Crippen LogP contribution in [0.2, 0.25) is 0 Å². The lowest BCUT2D eigenvalue weighted by Gasteiger charge is -2.25. The molecule has 0 fully saturated rings. The van der Waals surface area contributed by atoms with Gasteiger partial charge in [-0.15, -0.1) is 0 Å². The maximum absolute atomic E-state index is 11.3. The van der Waals surface area contributed by atoms with E-state index in [4.69, 9.17) is 0 Å². The van der Waals surface area contributed by atoms with Gasteiger partial charge >= 0.3 is 5.97 Å². The van der Waals surface area contributed by atoms with Gasteiger partial charge in [-0.05, 0) is 39.8 Å². The molecule has 0 aromatic carbocycles. The van der Waals surface area contributed by atoms with E-state index in [0.717, 1.165) is 11.4 Å². The minimum absolute atomic E-state index is 0.525. The number of carbonyl (C=O) groups is 1. The summed E-state index contributed by atoms with van der Waals surface area (Å²) in [6.07, 6.45) is 0.525. The fraction of sp³-hybridized carbons (Fsp3) is 0.615. The number of nitrogens with zero attached hydrogens (tertiary/aromatic N) is 2. The van der Waals surface area contributed by atoms with Crippen molar-refractivity contribution in [2.24, 2.45) is 0 Å². The van der Waals surface area contributed by atoms with Gasteiger partial charge in [-0.1, -0.05) is 18.7 Å². The first kappa shape index (κ1) is 15.9. The van der Waals surface area contributed by atoms with Gasteiger partial charge in [-0.25, -0.2) is 9.97 Å². The summed E-state index contributed by atoms with van der Waals surface area (Å²) in [7, 11) is 0. The number of carboxylic acid groups (broad SMARTS) is 1. The molecule has 0 aliphatic heterocycles. The zero-order chi connectivity index (χ0) is 14.5. The summed E-state index contributed by atoms with van der Waals surface area (Å²) in [5.74, 6) is -0.158. The largest absolute Gasteiger partial charge is 0.480 e. The lowest BCUT2D eigenvalue weighted by Crippen LogP contribution is -2.49. The molecule has 0 saturated carbocycles. The third-order valence-electron chi connectivity index (χ3n) is 2.83. The molecule has 1 rings (SSSR count). The second-order valence-electron chi connectivity index (χ2n) is 4.70. The van der Waals surface area contributed by atoms with Crippen LogP contribution < -0.4 is 5.32 Å². The number of carboxylic acids is 1. The van der Waals surface area contributed by atoms with Crippen LogP contribution in [-0.4, -0.2) is 38.9 Å². The Bertz CT molecular complexity index is 433. The van der Waals surface area contributed by atoms with Crippen molar-refractivity contribution in [2.75, 3.05) is 12.3 Å². The lowest BCUT2D eigenvalue weighted by molar-refractivity contribution is -0.144. The fourth-order valence-electron chi connectivity index (χ4n) is 1.77. The maximum Gasteiger partial charge on any atom is 0.323 e. The van der Waals surface area contributed by atoms with Gasteiger partial charge in [-0.2, -0.15) is 0 Å². The van der Waals surface area contributed by atoms with Crippen molar-refractivity contribution in [1.29, 1.82) is 0 Å². The molecule has 0 radical (unpaired) electrons. The Morgan fingerprint density at radius 3 is 2.47 bits per heavy atom. The van der Waals surface area contributed by atoms with Crippen molar-refractivity contribution in [3.8, 4) is 0 Å². The molecule has 0 aliphatic rings. The van der Waals surface area contributed by atoms with Crippen LogP contribution in [0, 0.1) is 13.8 Å². The van der Waals surface area contributed by atoms with Gasteiger partial charge in [0.05, 0.1) is 0 Å². The van der Waals surface area contributed by atoms with E-state index in [-0.39, 0.29) is 0 Å². The molecule has 5 nitrogen and oxygen atoms in total. The zero-order valence-corrected chi connectivity index (χ0v) is 12.7. The van der Waals surface area contributed by atoms with Crippen molar-refractivity contribution in [1.82, 2.24) is 15.3 Å². The van der Waals surface area contributed by atoms with Crippen molar-refractivity contribution in [2.45, 2.75) is 44.8 Å². The van der Waals surface area contributed by atoms with E-state index in [1.54, 1.807) is 6.92 Å². The third kappa shape index (κ3) is 4.80. The summed E-state index contributed by atoms with van der Waals surface area (Å²) in [4.78, 5) is 19.9. The lowest BCUT2D eigenvalue weighted by atomic mass is 9.99. The number of aryl methyl sites for hydroxylation is 2. The Balaban J connectivity index is 2.59. The summed E-state index contributed by atoms with van der Waals surface area (Å²) < 4.78 is 0. The van der Waals surface area contributed by atoms with E-state index in [1.807, 2.05) is 26.8 Å². The molecule has 0 amide bonds. The van der Waals surface area contributed by atoms with Crippen LogP contribution in [0.25, 0.3) is 0 Å². The van der Waals surface area contributed by atoms with E-state index < -0.39 is 11.5 Å². The van der Waals surface area contributed by atoms with E-state index in [2.05, 4.69) is 15.3 Å². The van der Waals surface area contributed by atoms with E-state index >= 15 is 0 Å². The Morgan fingerprint density at radius 2 is 2.00 bits per heavy atom. The van der Waals surface area contributed by atoms with Crippen LogP contribution in [0.5, 0.6) is 0 Å². The Kier molecular flexibility index (Phi) is 5.75. The van der Waals surface area contributed by atoms with Crippen molar-refractivity contribution < 1.29 is 9.90 Å². The van der Waals surface area contributed by atoms with Crippen molar-refractivity contribution >= 4 is 17.7 Å². The van der Waals surface area contributed by atoms with Gasteiger partial charge in [0.2, 0.25) is 0 Å². The second-order valence-corrected chi connectivity index (χ2v) is 5.76. The summed E-state index contributed by atoms with van der Waals surface area (Å²) in [6, 6.07) is 1.92. The van der Waals surface area contributed by atoms with E-state index in [9.17, 15) is 9.90 Å². The SMILES string of the molecule is CCNC(C)(CCSc1nc(C)cc(C)n1)C(=O)O. The summed E-state index contributed by atoms with van der Waals surface area (Å²) >= 11 is 1.49. The highest BCUT2D eigenvalue weighted by Gasteiger charge is 2.31. The van der Waals surface area contributed by atoms with Crippen LogP contribution in [0.1, 0.15) is 31.7 Å². The molecular weight excluding hydrogens is 262 g/mol. The van der Waals surface area contributed by atoms with Gasteiger partial charge in [-0.3, -0.25) is 4.79 Å². The smallest absolute Gasteiger partial charge is 0.323 e. The average molecular weight is 283 g/mol. The number of hydrogen-bond acceptors (Lipinski definition) is 5. The van der Waals surface area contributed by atoms with Crippen LogP contribution >= 0.6 is 11.8 Å². The van der Waals surface area contributed by atoms with Gasteiger partial charge in [0.25, 0.3) is 0 Å². The molecular formula is C13H21N3O2S. The minimum Gasteiger partial charge on any atom is -0.480 e. The van der Waals surface area contributed by atoms with Gasteiger partial charge in [0, 0.05) is 17.1 Å². The molecule has 0 bridgehead atoms. The Labute approximate surface area is 118 Å². The van der Waals surface area contributed by atoms with Gasteiger partial charge in [0.15, 0.2) is 5.16 Å².